The summed E-state index contributed by atoms with van der Waals surface area (Å²) in [5.74, 6) is -0.767. The van der Waals surface area contributed by atoms with Gasteiger partial charge < -0.3 is 18.6 Å². The van der Waals surface area contributed by atoms with Crippen LogP contribution < -0.4 is 8.92 Å². The number of hydrogen-bond acceptors (Lipinski definition) is 6. The Balaban J connectivity index is 1.83. The maximum Gasteiger partial charge on any atom is 0.339 e. The molecule has 0 spiro atoms. The fourth-order valence-corrected chi connectivity index (χ4v) is 4.25. The lowest BCUT2D eigenvalue weighted by Crippen LogP contribution is -2.40. The summed E-state index contributed by atoms with van der Waals surface area (Å²) >= 11 is 0. The summed E-state index contributed by atoms with van der Waals surface area (Å²) in [6.45, 7) is 0.933. The third-order valence-electron chi connectivity index (χ3n) is 5.28. The van der Waals surface area contributed by atoms with Crippen LogP contribution in [-0.2, 0) is 26.2 Å². The molecule has 2 aromatic rings. The SMILES string of the molecule is COCCN(Cc1ccccc1OS(=O)(=O)c1ccc(OC)c(F)c1)C(=O)C1CCC1. The molecule has 1 aliphatic carbocycles. The van der Waals surface area contributed by atoms with E-state index in [-0.39, 0.29) is 34.8 Å². The zero-order valence-electron chi connectivity index (χ0n) is 17.5. The molecule has 0 unspecified atom stereocenters. The van der Waals surface area contributed by atoms with E-state index < -0.39 is 15.9 Å². The zero-order valence-corrected chi connectivity index (χ0v) is 18.4. The maximum absolute atomic E-state index is 14.0. The molecular formula is C22H26FNO6S. The maximum atomic E-state index is 14.0. The Morgan fingerprint density at radius 3 is 2.48 bits per heavy atom. The van der Waals surface area contributed by atoms with Gasteiger partial charge in [0, 0.05) is 31.7 Å². The average molecular weight is 452 g/mol. The predicted molar refractivity (Wildman–Crippen MR) is 112 cm³/mol. The lowest BCUT2D eigenvalue weighted by molar-refractivity contribution is -0.139. The quantitative estimate of drug-likeness (QED) is 0.515. The Morgan fingerprint density at radius 1 is 1.13 bits per heavy atom. The van der Waals surface area contributed by atoms with Crippen LogP contribution in [0.4, 0.5) is 4.39 Å². The minimum absolute atomic E-state index is 0.00376. The summed E-state index contributed by atoms with van der Waals surface area (Å²) in [5, 5.41) is 0. The summed E-state index contributed by atoms with van der Waals surface area (Å²) in [4.78, 5) is 14.1. The van der Waals surface area contributed by atoms with E-state index in [0.29, 0.717) is 18.7 Å². The van der Waals surface area contributed by atoms with E-state index in [4.69, 9.17) is 13.7 Å². The van der Waals surface area contributed by atoms with Gasteiger partial charge in [-0.1, -0.05) is 24.6 Å². The Labute approximate surface area is 181 Å². The van der Waals surface area contributed by atoms with Crippen molar-refractivity contribution in [1.29, 1.82) is 0 Å². The second-order valence-corrected chi connectivity index (χ2v) is 8.87. The van der Waals surface area contributed by atoms with Crippen molar-refractivity contribution in [2.24, 2.45) is 5.92 Å². The van der Waals surface area contributed by atoms with Crippen molar-refractivity contribution < 1.29 is 31.3 Å². The fraction of sp³-hybridized carbons (Fsp3) is 0.409. The molecule has 31 heavy (non-hydrogen) atoms. The number of rotatable bonds is 10. The number of benzene rings is 2. The van der Waals surface area contributed by atoms with E-state index in [1.807, 2.05) is 0 Å². The molecule has 3 rings (SSSR count). The van der Waals surface area contributed by atoms with Crippen LogP contribution in [0.25, 0.3) is 0 Å². The number of nitrogens with zero attached hydrogens (tertiary/aromatic N) is 1. The van der Waals surface area contributed by atoms with Crippen molar-refractivity contribution in [2.45, 2.75) is 30.7 Å². The number of amides is 1. The molecule has 0 heterocycles. The molecule has 1 fully saturated rings. The molecule has 0 bridgehead atoms. The first-order valence-corrected chi connectivity index (χ1v) is 11.4. The van der Waals surface area contributed by atoms with Crippen LogP contribution in [0.15, 0.2) is 47.4 Å². The van der Waals surface area contributed by atoms with Crippen molar-refractivity contribution in [3.8, 4) is 11.5 Å². The van der Waals surface area contributed by atoms with Gasteiger partial charge in [-0.2, -0.15) is 8.42 Å². The van der Waals surface area contributed by atoms with E-state index >= 15 is 0 Å². The summed E-state index contributed by atoms with van der Waals surface area (Å²) in [5.41, 5.74) is 0.531. The summed E-state index contributed by atoms with van der Waals surface area (Å²) in [6.07, 6.45) is 2.75. The molecule has 168 valence electrons. The Kier molecular flexibility index (Phi) is 7.50. The van der Waals surface area contributed by atoms with Crippen molar-refractivity contribution >= 4 is 16.0 Å². The molecular weight excluding hydrogens is 425 g/mol. The van der Waals surface area contributed by atoms with E-state index in [1.54, 1.807) is 30.2 Å². The van der Waals surface area contributed by atoms with Crippen molar-refractivity contribution in [3.63, 3.8) is 0 Å². The lowest BCUT2D eigenvalue weighted by atomic mass is 9.84. The smallest absolute Gasteiger partial charge is 0.339 e. The van der Waals surface area contributed by atoms with Gasteiger partial charge in [0.1, 0.15) is 10.6 Å². The van der Waals surface area contributed by atoms with Crippen LogP contribution in [0.1, 0.15) is 24.8 Å². The molecule has 1 aliphatic rings. The van der Waals surface area contributed by atoms with Crippen LogP contribution in [-0.4, -0.2) is 46.6 Å². The molecule has 1 amide bonds. The number of methoxy groups -OCH3 is 2. The molecule has 0 saturated heterocycles. The van der Waals surface area contributed by atoms with Crippen molar-refractivity contribution in [3.05, 3.63) is 53.8 Å². The molecule has 0 aliphatic heterocycles. The summed E-state index contributed by atoms with van der Waals surface area (Å²) in [7, 11) is -1.44. The first-order valence-electron chi connectivity index (χ1n) is 9.99. The van der Waals surface area contributed by atoms with E-state index in [9.17, 15) is 17.6 Å². The number of para-hydroxylation sites is 1. The van der Waals surface area contributed by atoms with Crippen LogP contribution >= 0.6 is 0 Å². The van der Waals surface area contributed by atoms with Gasteiger partial charge in [-0.15, -0.1) is 0 Å². The number of ether oxygens (including phenoxy) is 2. The first-order chi connectivity index (χ1) is 14.9. The van der Waals surface area contributed by atoms with Gasteiger partial charge >= 0.3 is 10.1 Å². The van der Waals surface area contributed by atoms with Gasteiger partial charge in [-0.25, -0.2) is 4.39 Å². The molecule has 0 N–H and O–H groups in total. The van der Waals surface area contributed by atoms with Gasteiger partial charge in [-0.3, -0.25) is 4.79 Å². The third-order valence-corrected chi connectivity index (χ3v) is 6.51. The predicted octanol–water partition coefficient (Wildman–Crippen LogP) is 3.38. The molecule has 1 saturated carbocycles. The van der Waals surface area contributed by atoms with Gasteiger partial charge in [-0.05, 0) is 37.1 Å². The lowest BCUT2D eigenvalue weighted by Gasteiger charge is -2.32. The van der Waals surface area contributed by atoms with Crippen molar-refractivity contribution in [2.75, 3.05) is 27.4 Å². The summed E-state index contributed by atoms with van der Waals surface area (Å²) < 4.78 is 54.7. The van der Waals surface area contributed by atoms with E-state index in [0.717, 1.165) is 25.3 Å². The van der Waals surface area contributed by atoms with Gasteiger partial charge in [0.2, 0.25) is 5.91 Å². The van der Waals surface area contributed by atoms with Crippen LogP contribution in [0.2, 0.25) is 0 Å². The fourth-order valence-electron chi connectivity index (χ4n) is 3.27. The second kappa shape index (κ2) is 10.1. The van der Waals surface area contributed by atoms with E-state index in [1.165, 1.54) is 25.3 Å². The van der Waals surface area contributed by atoms with Crippen LogP contribution in [0, 0.1) is 11.7 Å². The number of halogens is 1. The highest BCUT2D eigenvalue weighted by molar-refractivity contribution is 7.87. The van der Waals surface area contributed by atoms with Gasteiger partial charge in [0.05, 0.1) is 13.7 Å². The van der Waals surface area contributed by atoms with Gasteiger partial charge in [0.15, 0.2) is 11.6 Å². The highest BCUT2D eigenvalue weighted by Crippen LogP contribution is 2.30. The molecule has 0 radical (unpaired) electrons. The highest BCUT2D eigenvalue weighted by atomic mass is 32.2. The third kappa shape index (κ3) is 5.54. The monoisotopic (exact) mass is 451 g/mol. The second-order valence-electron chi connectivity index (χ2n) is 7.32. The van der Waals surface area contributed by atoms with E-state index in [2.05, 4.69) is 0 Å². The topological polar surface area (TPSA) is 82.1 Å². The Bertz CT molecular complexity index is 1020. The number of carbonyl (C=O) groups excluding carboxylic acids is 1. The number of hydrogen-bond donors (Lipinski definition) is 0. The zero-order chi connectivity index (χ0) is 22.4. The highest BCUT2D eigenvalue weighted by Gasteiger charge is 2.30. The average Bonchev–Trinajstić information content (AvgIpc) is 2.70. The summed E-state index contributed by atoms with van der Waals surface area (Å²) in [6, 6.07) is 9.87. The minimum Gasteiger partial charge on any atom is -0.494 e. The molecule has 0 atom stereocenters. The Hall–Kier alpha value is -2.65. The Morgan fingerprint density at radius 2 is 1.87 bits per heavy atom. The largest absolute Gasteiger partial charge is 0.494 e. The standard InChI is InChI=1S/C22H26FNO6S/c1-28-13-12-24(22(25)16-7-5-8-16)15-17-6-3-4-9-20(17)30-31(26,27)18-10-11-21(29-2)19(23)14-18/h3-4,6,9-11,14,16H,5,7-8,12-13,15H2,1-2H3. The molecule has 2 aromatic carbocycles. The normalized spacial score (nSPS) is 14.0. The molecule has 0 aromatic heterocycles. The molecule has 9 heteroatoms. The van der Waals surface area contributed by atoms with Gasteiger partial charge in [0.25, 0.3) is 0 Å². The molecule has 7 nitrogen and oxygen atoms in total. The minimum atomic E-state index is -4.29. The van der Waals surface area contributed by atoms with Crippen LogP contribution in [0.5, 0.6) is 11.5 Å². The first kappa shape index (κ1) is 23.0. The van der Waals surface area contributed by atoms with Crippen molar-refractivity contribution in [1.82, 2.24) is 4.90 Å². The van der Waals surface area contributed by atoms with Crippen LogP contribution in [0.3, 0.4) is 0 Å². The number of carbonyl (C=O) groups is 1.